The first-order valence-electron chi connectivity index (χ1n) is 9.95. The first-order chi connectivity index (χ1) is 13.9. The molecule has 29 heavy (non-hydrogen) atoms. The molecule has 0 unspecified atom stereocenters. The summed E-state index contributed by atoms with van der Waals surface area (Å²) < 4.78 is 11.4. The number of amides is 1. The molecule has 0 saturated carbocycles. The van der Waals surface area contributed by atoms with Gasteiger partial charge in [-0.1, -0.05) is 11.2 Å². The second kappa shape index (κ2) is 7.81. The minimum absolute atomic E-state index is 0.272. The standard InChI is InChI=1S/C20H27N5O4/c1-14-22-17(29-24-14)11-25-9-6-20(7-10-25)13-19(2,27)16(12-28-20)23-18(26)15-5-3-4-8-21-15/h3-5,8,16,27H,6-7,9-13H2,1-2H3,(H,23,26)/t16-,19-/m0/s1. The third-order valence-electron chi connectivity index (χ3n) is 5.89. The van der Waals surface area contributed by atoms with E-state index < -0.39 is 11.6 Å². The number of aliphatic hydroxyl groups is 1. The van der Waals surface area contributed by atoms with Crippen molar-refractivity contribution < 1.29 is 19.2 Å². The molecule has 9 nitrogen and oxygen atoms in total. The van der Waals surface area contributed by atoms with Crippen molar-refractivity contribution in [2.75, 3.05) is 19.7 Å². The molecule has 1 amide bonds. The van der Waals surface area contributed by atoms with E-state index in [4.69, 9.17) is 9.26 Å². The average molecular weight is 401 g/mol. The number of carbonyl (C=O) groups is 1. The Kier molecular flexibility index (Phi) is 5.37. The molecule has 2 aromatic rings. The first-order valence-corrected chi connectivity index (χ1v) is 9.95. The number of carbonyl (C=O) groups excluding carboxylic acids is 1. The van der Waals surface area contributed by atoms with Gasteiger partial charge in [-0.25, -0.2) is 0 Å². The van der Waals surface area contributed by atoms with E-state index in [0.717, 1.165) is 25.9 Å². The largest absolute Gasteiger partial charge is 0.388 e. The van der Waals surface area contributed by atoms with Crippen molar-refractivity contribution >= 4 is 5.91 Å². The summed E-state index contributed by atoms with van der Waals surface area (Å²) >= 11 is 0. The first kappa shape index (κ1) is 19.9. The van der Waals surface area contributed by atoms with E-state index >= 15 is 0 Å². The predicted molar refractivity (Wildman–Crippen MR) is 103 cm³/mol. The van der Waals surface area contributed by atoms with Gasteiger partial charge in [-0.3, -0.25) is 14.7 Å². The van der Waals surface area contributed by atoms with E-state index in [1.807, 2.05) is 0 Å². The maximum atomic E-state index is 12.4. The van der Waals surface area contributed by atoms with Crippen LogP contribution in [0.3, 0.4) is 0 Å². The highest BCUT2D eigenvalue weighted by molar-refractivity contribution is 5.92. The van der Waals surface area contributed by atoms with Crippen molar-refractivity contribution in [2.45, 2.75) is 56.9 Å². The summed E-state index contributed by atoms with van der Waals surface area (Å²) in [5.74, 6) is 0.950. The van der Waals surface area contributed by atoms with E-state index in [-0.39, 0.29) is 18.1 Å². The topological polar surface area (TPSA) is 114 Å². The Labute approximate surface area is 169 Å². The van der Waals surface area contributed by atoms with Gasteiger partial charge in [-0.05, 0) is 38.8 Å². The van der Waals surface area contributed by atoms with Crippen LogP contribution < -0.4 is 5.32 Å². The number of piperidine rings is 1. The fraction of sp³-hybridized carbons (Fsp3) is 0.600. The van der Waals surface area contributed by atoms with Crippen LogP contribution >= 0.6 is 0 Å². The highest BCUT2D eigenvalue weighted by Gasteiger charge is 2.49. The molecule has 2 fully saturated rings. The molecule has 4 heterocycles. The minimum Gasteiger partial charge on any atom is -0.388 e. The number of hydrogen-bond acceptors (Lipinski definition) is 8. The third kappa shape index (κ3) is 4.47. The molecule has 2 aliphatic rings. The Morgan fingerprint density at radius 2 is 2.17 bits per heavy atom. The van der Waals surface area contributed by atoms with Crippen LogP contribution in [0.4, 0.5) is 0 Å². The number of aromatic nitrogens is 3. The Morgan fingerprint density at radius 3 is 2.79 bits per heavy atom. The molecule has 2 aromatic heterocycles. The predicted octanol–water partition coefficient (Wildman–Crippen LogP) is 1.08. The SMILES string of the molecule is Cc1noc(CN2CCC3(CC2)C[C@](C)(O)[C@@H](NC(=O)c2ccccn2)CO3)n1. The van der Waals surface area contributed by atoms with Crippen LogP contribution in [0.25, 0.3) is 0 Å². The highest BCUT2D eigenvalue weighted by atomic mass is 16.5. The van der Waals surface area contributed by atoms with E-state index in [2.05, 4.69) is 25.3 Å². The fourth-order valence-electron chi connectivity index (χ4n) is 4.23. The Bertz CT molecular complexity index is 846. The van der Waals surface area contributed by atoms with Gasteiger partial charge in [-0.15, -0.1) is 0 Å². The van der Waals surface area contributed by atoms with Crippen LogP contribution in [0.5, 0.6) is 0 Å². The normalized spacial score (nSPS) is 27.1. The zero-order chi connectivity index (χ0) is 20.5. The van der Waals surface area contributed by atoms with Crippen molar-refractivity contribution in [1.82, 2.24) is 25.3 Å². The van der Waals surface area contributed by atoms with E-state index in [1.165, 1.54) is 0 Å². The number of rotatable bonds is 4. The molecular formula is C20H27N5O4. The maximum Gasteiger partial charge on any atom is 0.270 e. The van der Waals surface area contributed by atoms with E-state index in [9.17, 15) is 9.90 Å². The molecule has 4 rings (SSSR count). The van der Waals surface area contributed by atoms with Crippen LogP contribution in [0.15, 0.2) is 28.9 Å². The van der Waals surface area contributed by atoms with Gasteiger partial charge >= 0.3 is 0 Å². The van der Waals surface area contributed by atoms with Gasteiger partial charge in [0.15, 0.2) is 5.82 Å². The molecule has 2 saturated heterocycles. The molecule has 0 aliphatic carbocycles. The summed E-state index contributed by atoms with van der Waals surface area (Å²) in [6.07, 6.45) is 3.65. The molecule has 1 spiro atoms. The molecule has 9 heteroatoms. The summed E-state index contributed by atoms with van der Waals surface area (Å²) in [4.78, 5) is 23.0. The second-order valence-electron chi connectivity index (χ2n) is 8.28. The van der Waals surface area contributed by atoms with Gasteiger partial charge < -0.3 is 19.7 Å². The van der Waals surface area contributed by atoms with Gasteiger partial charge in [0.25, 0.3) is 5.91 Å². The molecule has 0 bridgehead atoms. The van der Waals surface area contributed by atoms with Crippen molar-refractivity contribution in [2.24, 2.45) is 0 Å². The monoisotopic (exact) mass is 401 g/mol. The smallest absolute Gasteiger partial charge is 0.270 e. The summed E-state index contributed by atoms with van der Waals surface area (Å²) in [5.41, 5.74) is -1.11. The number of likely N-dealkylation sites (tertiary alicyclic amines) is 1. The van der Waals surface area contributed by atoms with Crippen molar-refractivity contribution in [3.05, 3.63) is 41.8 Å². The quantitative estimate of drug-likeness (QED) is 0.782. The van der Waals surface area contributed by atoms with Crippen molar-refractivity contribution in [3.8, 4) is 0 Å². The third-order valence-corrected chi connectivity index (χ3v) is 5.89. The van der Waals surface area contributed by atoms with Crippen LogP contribution in [-0.4, -0.2) is 68.0 Å². The van der Waals surface area contributed by atoms with Crippen LogP contribution in [0, 0.1) is 6.92 Å². The van der Waals surface area contributed by atoms with Crippen LogP contribution in [-0.2, 0) is 11.3 Å². The number of nitrogens with one attached hydrogen (secondary N) is 1. The molecule has 2 aliphatic heterocycles. The number of hydrogen-bond donors (Lipinski definition) is 2. The Balaban J connectivity index is 1.33. The number of pyridine rings is 1. The lowest BCUT2D eigenvalue weighted by molar-refractivity contribution is -0.186. The Hall–Kier alpha value is -2.36. The van der Waals surface area contributed by atoms with Gasteiger partial charge in [0, 0.05) is 25.7 Å². The van der Waals surface area contributed by atoms with Gasteiger partial charge in [0.2, 0.25) is 5.89 Å². The van der Waals surface area contributed by atoms with E-state index in [0.29, 0.717) is 30.4 Å². The summed E-state index contributed by atoms with van der Waals surface area (Å²) in [6.45, 7) is 6.11. The van der Waals surface area contributed by atoms with Gasteiger partial charge in [-0.2, -0.15) is 4.98 Å². The molecule has 2 atom stereocenters. The number of nitrogens with zero attached hydrogens (tertiary/aromatic N) is 4. The van der Waals surface area contributed by atoms with Gasteiger partial charge in [0.05, 0.1) is 30.4 Å². The highest BCUT2D eigenvalue weighted by Crippen LogP contribution is 2.39. The molecule has 156 valence electrons. The maximum absolute atomic E-state index is 12.4. The Morgan fingerprint density at radius 1 is 1.38 bits per heavy atom. The molecular weight excluding hydrogens is 374 g/mol. The van der Waals surface area contributed by atoms with Gasteiger partial charge in [0.1, 0.15) is 5.69 Å². The lowest BCUT2D eigenvalue weighted by Crippen LogP contribution is -2.63. The van der Waals surface area contributed by atoms with E-state index in [1.54, 1.807) is 38.2 Å². The molecule has 2 N–H and O–H groups in total. The van der Waals surface area contributed by atoms with Crippen molar-refractivity contribution in [1.29, 1.82) is 0 Å². The van der Waals surface area contributed by atoms with Crippen LogP contribution in [0.1, 0.15) is 48.4 Å². The lowest BCUT2D eigenvalue weighted by Gasteiger charge is -2.51. The summed E-state index contributed by atoms with van der Waals surface area (Å²) in [6, 6.07) is 4.68. The zero-order valence-corrected chi connectivity index (χ0v) is 16.8. The lowest BCUT2D eigenvalue weighted by atomic mass is 9.75. The number of aryl methyl sites for hydroxylation is 1. The summed E-state index contributed by atoms with van der Waals surface area (Å²) in [5, 5.41) is 17.8. The fourth-order valence-corrected chi connectivity index (χ4v) is 4.23. The zero-order valence-electron chi connectivity index (χ0n) is 16.8. The summed E-state index contributed by atoms with van der Waals surface area (Å²) in [7, 11) is 0. The van der Waals surface area contributed by atoms with Crippen molar-refractivity contribution in [3.63, 3.8) is 0 Å². The molecule has 0 aromatic carbocycles. The average Bonchev–Trinajstić information content (AvgIpc) is 3.11. The van der Waals surface area contributed by atoms with Crippen LogP contribution in [0.2, 0.25) is 0 Å². The number of ether oxygens (including phenoxy) is 1. The molecule has 0 radical (unpaired) electrons. The minimum atomic E-state index is -1.06. The second-order valence-corrected chi connectivity index (χ2v) is 8.28.